The molecule has 2 aromatic carbocycles. The summed E-state index contributed by atoms with van der Waals surface area (Å²) in [5, 5.41) is 3.52. The van der Waals surface area contributed by atoms with Crippen LogP contribution in [0.5, 0.6) is 5.75 Å². The predicted molar refractivity (Wildman–Crippen MR) is 82.7 cm³/mol. The van der Waals surface area contributed by atoms with Crippen LogP contribution in [-0.2, 0) is 0 Å². The van der Waals surface area contributed by atoms with Gasteiger partial charge >= 0.3 is 0 Å². The molecule has 1 N–H and O–H groups in total. The van der Waals surface area contributed by atoms with E-state index in [0.717, 1.165) is 16.8 Å². The molecule has 3 heteroatoms. The van der Waals surface area contributed by atoms with Crippen LogP contribution in [0.25, 0.3) is 0 Å². The molecule has 0 saturated heterocycles. The Morgan fingerprint density at radius 3 is 2.63 bits per heavy atom. The molecule has 2 rings (SSSR count). The molecule has 0 aliphatic carbocycles. The molecule has 0 bridgehead atoms. The Morgan fingerprint density at radius 1 is 1.16 bits per heavy atom. The number of benzene rings is 2. The van der Waals surface area contributed by atoms with Crippen LogP contribution in [0.15, 0.2) is 53.0 Å². The SMILES string of the molecule is CCNC(c1cccc(OC)c1)c1ccccc1Br. The maximum absolute atomic E-state index is 5.31. The van der Waals surface area contributed by atoms with Gasteiger partial charge < -0.3 is 10.1 Å². The van der Waals surface area contributed by atoms with Crippen LogP contribution >= 0.6 is 15.9 Å². The fraction of sp³-hybridized carbons (Fsp3) is 0.250. The van der Waals surface area contributed by atoms with Crippen LogP contribution < -0.4 is 10.1 Å². The number of nitrogens with one attached hydrogen (secondary N) is 1. The van der Waals surface area contributed by atoms with Gasteiger partial charge in [0.2, 0.25) is 0 Å². The number of halogens is 1. The molecular formula is C16H18BrNO. The molecule has 0 spiro atoms. The monoisotopic (exact) mass is 319 g/mol. The van der Waals surface area contributed by atoms with Gasteiger partial charge in [-0.2, -0.15) is 0 Å². The highest BCUT2D eigenvalue weighted by atomic mass is 79.9. The molecule has 0 aliphatic rings. The van der Waals surface area contributed by atoms with Gasteiger partial charge in [0.1, 0.15) is 5.75 Å². The van der Waals surface area contributed by atoms with Crippen LogP contribution in [0.1, 0.15) is 24.1 Å². The van der Waals surface area contributed by atoms with Gasteiger partial charge in [0.05, 0.1) is 13.2 Å². The normalized spacial score (nSPS) is 12.2. The molecule has 0 heterocycles. The summed E-state index contributed by atoms with van der Waals surface area (Å²) in [5.41, 5.74) is 2.44. The van der Waals surface area contributed by atoms with E-state index in [4.69, 9.17) is 4.74 Å². The summed E-state index contributed by atoms with van der Waals surface area (Å²) in [6.45, 7) is 3.02. The van der Waals surface area contributed by atoms with Crippen molar-refractivity contribution in [3.05, 3.63) is 64.1 Å². The van der Waals surface area contributed by atoms with Crippen molar-refractivity contribution >= 4 is 15.9 Å². The minimum atomic E-state index is 0.163. The van der Waals surface area contributed by atoms with E-state index in [9.17, 15) is 0 Å². The van der Waals surface area contributed by atoms with Gasteiger partial charge in [-0.05, 0) is 35.9 Å². The van der Waals surface area contributed by atoms with E-state index >= 15 is 0 Å². The van der Waals surface area contributed by atoms with E-state index in [1.807, 2.05) is 18.2 Å². The standard InChI is InChI=1S/C16H18BrNO/c1-3-18-16(14-9-4-5-10-15(14)17)12-7-6-8-13(11-12)19-2/h4-11,16,18H,3H2,1-2H3. The summed E-state index contributed by atoms with van der Waals surface area (Å²) in [7, 11) is 1.69. The molecule has 0 fully saturated rings. The van der Waals surface area contributed by atoms with Gasteiger partial charge in [-0.1, -0.05) is 53.2 Å². The topological polar surface area (TPSA) is 21.3 Å². The zero-order chi connectivity index (χ0) is 13.7. The molecule has 1 atom stereocenters. The zero-order valence-corrected chi connectivity index (χ0v) is 12.8. The molecule has 2 nitrogen and oxygen atoms in total. The average molecular weight is 320 g/mol. The number of hydrogen-bond acceptors (Lipinski definition) is 2. The Balaban J connectivity index is 2.42. The lowest BCUT2D eigenvalue weighted by Crippen LogP contribution is -2.22. The number of hydrogen-bond donors (Lipinski definition) is 1. The maximum Gasteiger partial charge on any atom is 0.119 e. The third-order valence-electron chi connectivity index (χ3n) is 3.05. The number of ether oxygens (including phenoxy) is 1. The lowest BCUT2D eigenvalue weighted by molar-refractivity contribution is 0.413. The zero-order valence-electron chi connectivity index (χ0n) is 11.2. The van der Waals surface area contributed by atoms with Crippen LogP contribution in [0, 0.1) is 0 Å². The highest BCUT2D eigenvalue weighted by Gasteiger charge is 2.15. The number of rotatable bonds is 5. The van der Waals surface area contributed by atoms with Crippen LogP contribution in [0.4, 0.5) is 0 Å². The van der Waals surface area contributed by atoms with Crippen molar-refractivity contribution in [2.45, 2.75) is 13.0 Å². The second-order valence-corrected chi connectivity index (χ2v) is 5.14. The molecule has 100 valence electrons. The van der Waals surface area contributed by atoms with Crippen molar-refractivity contribution in [3.63, 3.8) is 0 Å². The Morgan fingerprint density at radius 2 is 1.95 bits per heavy atom. The van der Waals surface area contributed by atoms with Crippen molar-refractivity contribution < 1.29 is 4.74 Å². The largest absolute Gasteiger partial charge is 0.497 e. The summed E-state index contributed by atoms with van der Waals surface area (Å²) in [4.78, 5) is 0. The maximum atomic E-state index is 5.31. The lowest BCUT2D eigenvalue weighted by Gasteiger charge is -2.20. The molecule has 0 aromatic heterocycles. The first-order valence-corrected chi connectivity index (χ1v) is 7.17. The Bertz CT molecular complexity index is 542. The Kier molecular flexibility index (Phi) is 5.00. The highest BCUT2D eigenvalue weighted by molar-refractivity contribution is 9.10. The van der Waals surface area contributed by atoms with E-state index in [2.05, 4.69) is 58.5 Å². The van der Waals surface area contributed by atoms with E-state index in [1.54, 1.807) is 7.11 Å². The quantitative estimate of drug-likeness (QED) is 0.893. The van der Waals surface area contributed by atoms with Crippen molar-refractivity contribution in [3.8, 4) is 5.75 Å². The third kappa shape index (κ3) is 3.37. The second kappa shape index (κ2) is 6.73. The summed E-state index contributed by atoms with van der Waals surface area (Å²) in [5.74, 6) is 0.882. The Hall–Kier alpha value is -1.32. The van der Waals surface area contributed by atoms with E-state index in [-0.39, 0.29) is 6.04 Å². The van der Waals surface area contributed by atoms with Crippen LogP contribution in [-0.4, -0.2) is 13.7 Å². The van der Waals surface area contributed by atoms with Crippen molar-refractivity contribution in [1.82, 2.24) is 5.32 Å². The predicted octanol–water partition coefficient (Wildman–Crippen LogP) is 4.16. The van der Waals surface area contributed by atoms with Gasteiger partial charge in [-0.25, -0.2) is 0 Å². The van der Waals surface area contributed by atoms with Crippen molar-refractivity contribution in [2.24, 2.45) is 0 Å². The number of methoxy groups -OCH3 is 1. The van der Waals surface area contributed by atoms with Gasteiger partial charge in [-0.15, -0.1) is 0 Å². The van der Waals surface area contributed by atoms with Crippen LogP contribution in [0.3, 0.4) is 0 Å². The minimum Gasteiger partial charge on any atom is -0.497 e. The summed E-state index contributed by atoms with van der Waals surface area (Å²) in [6.07, 6.45) is 0. The van der Waals surface area contributed by atoms with E-state index < -0.39 is 0 Å². The fourth-order valence-corrected chi connectivity index (χ4v) is 2.66. The smallest absolute Gasteiger partial charge is 0.119 e. The second-order valence-electron chi connectivity index (χ2n) is 4.29. The minimum absolute atomic E-state index is 0.163. The summed E-state index contributed by atoms with van der Waals surface area (Å²) in [6, 6.07) is 16.6. The molecule has 0 amide bonds. The summed E-state index contributed by atoms with van der Waals surface area (Å²) < 4.78 is 6.42. The van der Waals surface area contributed by atoms with E-state index in [0.29, 0.717) is 0 Å². The Labute approximate surface area is 122 Å². The van der Waals surface area contributed by atoms with Gasteiger partial charge in [0.25, 0.3) is 0 Å². The summed E-state index contributed by atoms with van der Waals surface area (Å²) >= 11 is 3.63. The van der Waals surface area contributed by atoms with Gasteiger partial charge in [0.15, 0.2) is 0 Å². The molecule has 0 radical (unpaired) electrons. The first-order chi connectivity index (χ1) is 9.26. The van der Waals surface area contributed by atoms with Gasteiger partial charge in [0, 0.05) is 4.47 Å². The molecule has 2 aromatic rings. The van der Waals surface area contributed by atoms with Gasteiger partial charge in [-0.3, -0.25) is 0 Å². The highest BCUT2D eigenvalue weighted by Crippen LogP contribution is 2.30. The molecule has 1 unspecified atom stereocenters. The average Bonchev–Trinajstić information content (AvgIpc) is 2.46. The third-order valence-corrected chi connectivity index (χ3v) is 3.77. The molecular weight excluding hydrogens is 302 g/mol. The first kappa shape index (κ1) is 14.1. The fourth-order valence-electron chi connectivity index (χ4n) is 2.14. The lowest BCUT2D eigenvalue weighted by atomic mass is 9.98. The molecule has 0 aliphatic heterocycles. The van der Waals surface area contributed by atoms with Crippen LogP contribution in [0.2, 0.25) is 0 Å². The first-order valence-electron chi connectivity index (χ1n) is 6.38. The van der Waals surface area contributed by atoms with E-state index in [1.165, 1.54) is 11.1 Å². The molecule has 0 saturated carbocycles. The van der Waals surface area contributed by atoms with Crippen molar-refractivity contribution in [2.75, 3.05) is 13.7 Å². The van der Waals surface area contributed by atoms with Crippen molar-refractivity contribution in [1.29, 1.82) is 0 Å². The molecule has 19 heavy (non-hydrogen) atoms.